The zero-order chi connectivity index (χ0) is 16.5. The van der Waals surface area contributed by atoms with Crippen molar-refractivity contribution in [2.45, 2.75) is 30.0 Å². The number of nitrogens with one attached hydrogen (secondary N) is 1. The molecule has 0 aromatic heterocycles. The van der Waals surface area contributed by atoms with Gasteiger partial charge >= 0.3 is 6.18 Å². The summed E-state index contributed by atoms with van der Waals surface area (Å²) in [6.45, 7) is 1.60. The van der Waals surface area contributed by atoms with Crippen LogP contribution in [0, 0.1) is 0 Å². The Labute approximate surface area is 127 Å². The Kier molecular flexibility index (Phi) is 4.69. The molecule has 5 nitrogen and oxygen atoms in total. The predicted octanol–water partition coefficient (Wildman–Crippen LogP) is 1.86. The van der Waals surface area contributed by atoms with Crippen LogP contribution in [0.2, 0.25) is 0 Å². The maximum absolute atomic E-state index is 13.1. The van der Waals surface area contributed by atoms with E-state index in [-0.39, 0.29) is 11.7 Å². The second-order valence-corrected chi connectivity index (χ2v) is 7.03. The van der Waals surface area contributed by atoms with Crippen molar-refractivity contribution >= 4 is 15.7 Å². The highest BCUT2D eigenvalue weighted by molar-refractivity contribution is 7.89. The Morgan fingerprint density at radius 3 is 2.36 bits per heavy atom. The van der Waals surface area contributed by atoms with E-state index in [0.717, 1.165) is 38.1 Å². The third-order valence-corrected chi connectivity index (χ3v) is 4.61. The van der Waals surface area contributed by atoms with Crippen LogP contribution in [0.25, 0.3) is 0 Å². The lowest BCUT2D eigenvalue weighted by molar-refractivity contribution is -0.137. The number of halogens is 3. The van der Waals surface area contributed by atoms with E-state index >= 15 is 0 Å². The summed E-state index contributed by atoms with van der Waals surface area (Å²) in [5, 5.41) is 7.77. The zero-order valence-corrected chi connectivity index (χ0v) is 12.8. The van der Waals surface area contributed by atoms with Crippen molar-refractivity contribution < 1.29 is 21.6 Å². The van der Waals surface area contributed by atoms with Gasteiger partial charge < -0.3 is 10.2 Å². The number of sulfonamides is 1. The van der Waals surface area contributed by atoms with Crippen molar-refractivity contribution in [2.75, 3.05) is 25.5 Å². The average molecular weight is 337 g/mol. The van der Waals surface area contributed by atoms with E-state index in [2.05, 4.69) is 10.2 Å². The van der Waals surface area contributed by atoms with E-state index in [1.54, 1.807) is 0 Å². The molecule has 0 atom stereocenters. The fourth-order valence-electron chi connectivity index (χ4n) is 2.43. The maximum Gasteiger partial charge on any atom is 0.418 e. The summed E-state index contributed by atoms with van der Waals surface area (Å²) in [6, 6.07) is 2.72. The van der Waals surface area contributed by atoms with Gasteiger partial charge in [-0.3, -0.25) is 0 Å². The van der Waals surface area contributed by atoms with Gasteiger partial charge in [-0.2, -0.15) is 13.2 Å². The molecule has 0 amide bonds. The number of benzene rings is 1. The molecule has 22 heavy (non-hydrogen) atoms. The van der Waals surface area contributed by atoms with E-state index in [1.165, 1.54) is 0 Å². The molecule has 124 valence electrons. The molecule has 9 heteroatoms. The van der Waals surface area contributed by atoms with Crippen molar-refractivity contribution in [3.05, 3.63) is 23.8 Å². The molecule has 0 radical (unpaired) electrons. The van der Waals surface area contributed by atoms with Gasteiger partial charge in [-0.1, -0.05) is 0 Å². The van der Waals surface area contributed by atoms with Crippen LogP contribution in [0.5, 0.6) is 0 Å². The highest BCUT2D eigenvalue weighted by Crippen LogP contribution is 2.36. The molecule has 1 heterocycles. The van der Waals surface area contributed by atoms with Gasteiger partial charge in [0, 0.05) is 11.7 Å². The quantitative estimate of drug-likeness (QED) is 0.883. The van der Waals surface area contributed by atoms with Crippen LogP contribution in [-0.2, 0) is 16.2 Å². The Morgan fingerprint density at radius 1 is 1.27 bits per heavy atom. The van der Waals surface area contributed by atoms with Crippen LogP contribution in [0.15, 0.2) is 23.1 Å². The number of piperidine rings is 1. The molecule has 0 saturated carbocycles. The Morgan fingerprint density at radius 2 is 1.86 bits per heavy atom. The van der Waals surface area contributed by atoms with Gasteiger partial charge in [0.1, 0.15) is 0 Å². The van der Waals surface area contributed by atoms with Crippen molar-refractivity contribution in [2.24, 2.45) is 5.14 Å². The summed E-state index contributed by atoms with van der Waals surface area (Å²) in [7, 11) is -2.22. The molecule has 3 N–H and O–H groups in total. The van der Waals surface area contributed by atoms with Gasteiger partial charge in [-0.05, 0) is 51.2 Å². The van der Waals surface area contributed by atoms with Crippen LogP contribution in [-0.4, -0.2) is 39.5 Å². The van der Waals surface area contributed by atoms with Crippen LogP contribution < -0.4 is 10.5 Å². The topological polar surface area (TPSA) is 75.4 Å². The lowest BCUT2D eigenvalue weighted by atomic mass is 10.0. The first-order valence-corrected chi connectivity index (χ1v) is 8.31. The lowest BCUT2D eigenvalue weighted by Crippen LogP contribution is -2.37. The Bertz CT molecular complexity index is 638. The SMILES string of the molecule is CN1CCC(Nc2ccc(S(N)(=O)=O)cc2C(F)(F)F)CC1. The number of nitrogens with two attached hydrogens (primary N) is 1. The number of alkyl halides is 3. The maximum atomic E-state index is 13.1. The minimum atomic E-state index is -4.66. The average Bonchev–Trinajstić information content (AvgIpc) is 2.39. The van der Waals surface area contributed by atoms with Gasteiger partial charge in [-0.15, -0.1) is 0 Å². The molecular weight excluding hydrogens is 319 g/mol. The molecule has 0 spiro atoms. The normalized spacial score (nSPS) is 18.4. The largest absolute Gasteiger partial charge is 0.418 e. The summed E-state index contributed by atoms with van der Waals surface area (Å²) in [4.78, 5) is 1.56. The van der Waals surface area contributed by atoms with E-state index < -0.39 is 26.7 Å². The van der Waals surface area contributed by atoms with Gasteiger partial charge in [0.15, 0.2) is 0 Å². The molecule has 1 aromatic rings. The second kappa shape index (κ2) is 6.05. The van der Waals surface area contributed by atoms with E-state index in [0.29, 0.717) is 6.07 Å². The van der Waals surface area contributed by atoms with E-state index in [4.69, 9.17) is 5.14 Å². The van der Waals surface area contributed by atoms with Gasteiger partial charge in [-0.25, -0.2) is 13.6 Å². The van der Waals surface area contributed by atoms with E-state index in [1.807, 2.05) is 7.05 Å². The molecule has 1 aliphatic rings. The number of anilines is 1. The molecule has 0 bridgehead atoms. The number of primary sulfonamides is 1. The summed E-state index contributed by atoms with van der Waals surface area (Å²) in [6.07, 6.45) is -3.20. The van der Waals surface area contributed by atoms with Crippen molar-refractivity contribution in [3.8, 4) is 0 Å². The fourth-order valence-corrected chi connectivity index (χ4v) is 2.97. The van der Waals surface area contributed by atoms with Crippen molar-refractivity contribution in [3.63, 3.8) is 0 Å². The summed E-state index contributed by atoms with van der Waals surface area (Å²) < 4.78 is 61.9. The van der Waals surface area contributed by atoms with Gasteiger partial charge in [0.2, 0.25) is 10.0 Å². The predicted molar refractivity (Wildman–Crippen MR) is 77.0 cm³/mol. The Balaban J connectivity index is 2.31. The number of nitrogens with zero attached hydrogens (tertiary/aromatic N) is 1. The fraction of sp³-hybridized carbons (Fsp3) is 0.538. The first-order chi connectivity index (χ1) is 10.1. The third kappa shape index (κ3) is 4.11. The van der Waals surface area contributed by atoms with Crippen molar-refractivity contribution in [1.82, 2.24) is 4.90 Å². The standard InChI is InChI=1S/C13H18F3N3O2S/c1-19-6-4-9(5-7-19)18-12-3-2-10(22(17,20)21)8-11(12)13(14,15)16/h2-3,8-9,18H,4-7H2,1H3,(H2,17,20,21). The molecule has 1 fully saturated rings. The zero-order valence-electron chi connectivity index (χ0n) is 12.0. The molecule has 0 aliphatic carbocycles. The Hall–Kier alpha value is -1.32. The summed E-state index contributed by atoms with van der Waals surface area (Å²) in [5.74, 6) is 0. The molecule has 1 aliphatic heterocycles. The van der Waals surface area contributed by atoms with Crippen LogP contribution in [0.4, 0.5) is 18.9 Å². The number of hydrogen-bond acceptors (Lipinski definition) is 4. The van der Waals surface area contributed by atoms with Crippen LogP contribution in [0.1, 0.15) is 18.4 Å². The number of hydrogen-bond donors (Lipinski definition) is 2. The molecule has 2 rings (SSSR count). The third-order valence-electron chi connectivity index (χ3n) is 3.70. The smallest absolute Gasteiger partial charge is 0.382 e. The minimum absolute atomic E-state index is 0.0716. The summed E-state index contributed by atoms with van der Waals surface area (Å²) >= 11 is 0. The molecule has 1 aromatic carbocycles. The number of rotatable bonds is 3. The monoisotopic (exact) mass is 337 g/mol. The first-order valence-electron chi connectivity index (χ1n) is 6.76. The summed E-state index contributed by atoms with van der Waals surface area (Å²) in [5.41, 5.74) is -1.13. The highest BCUT2D eigenvalue weighted by atomic mass is 32.2. The highest BCUT2D eigenvalue weighted by Gasteiger charge is 2.35. The van der Waals surface area contributed by atoms with Gasteiger partial charge in [0.25, 0.3) is 0 Å². The minimum Gasteiger partial charge on any atom is -0.382 e. The van der Waals surface area contributed by atoms with Gasteiger partial charge in [0.05, 0.1) is 10.5 Å². The molecular formula is C13H18F3N3O2S. The van der Waals surface area contributed by atoms with Crippen molar-refractivity contribution in [1.29, 1.82) is 0 Å². The van der Waals surface area contributed by atoms with Crippen LogP contribution >= 0.6 is 0 Å². The van der Waals surface area contributed by atoms with Crippen LogP contribution in [0.3, 0.4) is 0 Å². The molecule has 0 unspecified atom stereocenters. The lowest BCUT2D eigenvalue weighted by Gasteiger charge is -2.31. The van der Waals surface area contributed by atoms with E-state index in [9.17, 15) is 21.6 Å². The molecule has 1 saturated heterocycles. The first kappa shape index (κ1) is 17.0. The second-order valence-electron chi connectivity index (χ2n) is 5.47. The number of likely N-dealkylation sites (tertiary alicyclic amines) is 1.